The number of ether oxygens (including phenoxy) is 1. The molecule has 1 aliphatic heterocycles. The normalized spacial score (nSPS) is 17.6. The number of para-hydroxylation sites is 1. The average molecular weight is 434 g/mol. The summed E-state index contributed by atoms with van der Waals surface area (Å²) in [6, 6.07) is 11.7. The summed E-state index contributed by atoms with van der Waals surface area (Å²) in [7, 11) is 1.57. The molecule has 0 aliphatic carbocycles. The molecule has 0 fully saturated rings. The Balaban J connectivity index is 1.55. The van der Waals surface area contributed by atoms with Crippen molar-refractivity contribution in [2.24, 2.45) is 5.10 Å². The van der Waals surface area contributed by atoms with E-state index in [1.165, 1.54) is 11.3 Å². The van der Waals surface area contributed by atoms with Gasteiger partial charge in [-0.15, -0.1) is 0 Å². The van der Waals surface area contributed by atoms with Crippen molar-refractivity contribution < 1.29 is 13.9 Å². The number of hydrazone groups is 1. The second kappa shape index (κ2) is 8.34. The molecule has 2 heterocycles. The Labute approximate surface area is 189 Å². The zero-order chi connectivity index (χ0) is 23.0. The SMILES string of the molecule is CCN1c2cc(C)c(/C=N\NC(=O)c3cc4cccc(OC)c4o3)cc2C(C)CC1(C)C. The Morgan fingerprint density at radius 3 is 2.84 bits per heavy atom. The summed E-state index contributed by atoms with van der Waals surface area (Å²) >= 11 is 0. The molecule has 32 heavy (non-hydrogen) atoms. The summed E-state index contributed by atoms with van der Waals surface area (Å²) < 4.78 is 11.0. The van der Waals surface area contributed by atoms with Gasteiger partial charge in [-0.05, 0) is 81.0 Å². The van der Waals surface area contributed by atoms with Crippen LogP contribution in [0.3, 0.4) is 0 Å². The van der Waals surface area contributed by atoms with Gasteiger partial charge in [-0.1, -0.05) is 19.1 Å². The summed E-state index contributed by atoms with van der Waals surface area (Å²) in [6.45, 7) is 12.2. The van der Waals surface area contributed by atoms with Crippen LogP contribution in [-0.4, -0.2) is 31.3 Å². The van der Waals surface area contributed by atoms with E-state index in [2.05, 4.69) is 62.2 Å². The highest BCUT2D eigenvalue weighted by Gasteiger charge is 2.35. The maximum absolute atomic E-state index is 12.6. The number of methoxy groups -OCH3 is 1. The second-order valence-electron chi connectivity index (χ2n) is 9.12. The maximum Gasteiger partial charge on any atom is 0.307 e. The predicted molar refractivity (Wildman–Crippen MR) is 129 cm³/mol. The molecule has 3 aromatic rings. The number of rotatable bonds is 5. The largest absolute Gasteiger partial charge is 0.493 e. The molecule has 1 N–H and O–H groups in total. The van der Waals surface area contributed by atoms with Crippen molar-refractivity contribution in [2.75, 3.05) is 18.6 Å². The third-order valence-corrected chi connectivity index (χ3v) is 6.41. The van der Waals surface area contributed by atoms with Crippen molar-refractivity contribution in [1.29, 1.82) is 0 Å². The van der Waals surface area contributed by atoms with Crippen LogP contribution >= 0.6 is 0 Å². The van der Waals surface area contributed by atoms with Gasteiger partial charge in [0.05, 0.1) is 13.3 Å². The first kappa shape index (κ1) is 21.9. The van der Waals surface area contributed by atoms with Crippen LogP contribution in [0.2, 0.25) is 0 Å². The van der Waals surface area contributed by atoms with E-state index in [4.69, 9.17) is 9.15 Å². The molecule has 1 atom stereocenters. The summed E-state index contributed by atoms with van der Waals surface area (Å²) in [4.78, 5) is 15.0. The third kappa shape index (κ3) is 3.85. The summed E-state index contributed by atoms with van der Waals surface area (Å²) in [5.41, 5.74) is 8.01. The lowest BCUT2D eigenvalue weighted by atomic mass is 9.79. The van der Waals surface area contributed by atoms with Crippen LogP contribution in [0.5, 0.6) is 5.75 Å². The summed E-state index contributed by atoms with van der Waals surface area (Å²) in [6.07, 6.45) is 2.80. The quantitative estimate of drug-likeness (QED) is 0.418. The fraction of sp³-hybridized carbons (Fsp3) is 0.385. The lowest BCUT2D eigenvalue weighted by Gasteiger charge is -2.47. The molecule has 0 saturated carbocycles. The Bertz CT molecular complexity index is 1190. The topological polar surface area (TPSA) is 67.1 Å². The van der Waals surface area contributed by atoms with Crippen molar-refractivity contribution in [3.63, 3.8) is 0 Å². The number of carbonyl (C=O) groups is 1. The minimum Gasteiger partial charge on any atom is -0.493 e. The molecule has 6 heteroatoms. The molecule has 0 radical (unpaired) electrons. The van der Waals surface area contributed by atoms with Gasteiger partial charge in [0.1, 0.15) is 0 Å². The fourth-order valence-corrected chi connectivity index (χ4v) is 4.91. The van der Waals surface area contributed by atoms with E-state index < -0.39 is 5.91 Å². The molecule has 1 unspecified atom stereocenters. The monoisotopic (exact) mass is 433 g/mol. The van der Waals surface area contributed by atoms with Crippen molar-refractivity contribution in [1.82, 2.24) is 5.43 Å². The van der Waals surface area contributed by atoms with E-state index >= 15 is 0 Å². The van der Waals surface area contributed by atoms with Crippen molar-refractivity contribution >= 4 is 28.8 Å². The minimum atomic E-state index is -0.401. The highest BCUT2D eigenvalue weighted by atomic mass is 16.5. The number of furan rings is 1. The van der Waals surface area contributed by atoms with Crippen LogP contribution < -0.4 is 15.1 Å². The van der Waals surface area contributed by atoms with E-state index in [1.807, 2.05) is 12.1 Å². The molecular weight excluding hydrogens is 402 g/mol. The van der Waals surface area contributed by atoms with Crippen molar-refractivity contribution in [3.05, 3.63) is 58.8 Å². The summed E-state index contributed by atoms with van der Waals surface area (Å²) in [5.74, 6) is 0.837. The van der Waals surface area contributed by atoms with E-state index in [-0.39, 0.29) is 11.3 Å². The van der Waals surface area contributed by atoms with Crippen molar-refractivity contribution in [3.8, 4) is 5.75 Å². The molecule has 0 bridgehead atoms. The van der Waals surface area contributed by atoms with Crippen LogP contribution in [0, 0.1) is 6.92 Å². The van der Waals surface area contributed by atoms with Gasteiger partial charge in [0.25, 0.3) is 0 Å². The smallest absolute Gasteiger partial charge is 0.307 e. The van der Waals surface area contributed by atoms with Gasteiger partial charge in [0.2, 0.25) is 0 Å². The van der Waals surface area contributed by atoms with Gasteiger partial charge < -0.3 is 14.1 Å². The Hall–Kier alpha value is -3.28. The molecule has 1 aromatic heterocycles. The number of fused-ring (bicyclic) bond motifs is 2. The van der Waals surface area contributed by atoms with Crippen LogP contribution in [0.1, 0.15) is 67.3 Å². The first-order valence-electron chi connectivity index (χ1n) is 11.1. The lowest BCUT2D eigenvalue weighted by Crippen LogP contribution is -2.48. The van der Waals surface area contributed by atoms with Gasteiger partial charge in [0, 0.05) is 23.2 Å². The number of nitrogens with one attached hydrogen (secondary N) is 1. The zero-order valence-corrected chi connectivity index (χ0v) is 19.7. The Kier molecular flexibility index (Phi) is 5.71. The lowest BCUT2D eigenvalue weighted by molar-refractivity contribution is 0.0929. The number of hydrogen-bond donors (Lipinski definition) is 1. The number of nitrogens with zero attached hydrogens (tertiary/aromatic N) is 2. The molecule has 0 spiro atoms. The van der Waals surface area contributed by atoms with Gasteiger partial charge >= 0.3 is 5.91 Å². The number of benzene rings is 2. The van der Waals surface area contributed by atoms with Crippen molar-refractivity contribution in [2.45, 2.75) is 52.5 Å². The number of carbonyl (C=O) groups excluding carboxylic acids is 1. The first-order valence-corrected chi connectivity index (χ1v) is 11.1. The van der Waals surface area contributed by atoms with Crippen LogP contribution in [0.4, 0.5) is 5.69 Å². The van der Waals surface area contributed by atoms with E-state index in [0.717, 1.165) is 29.5 Å². The predicted octanol–water partition coefficient (Wildman–Crippen LogP) is 5.63. The highest BCUT2D eigenvalue weighted by Crippen LogP contribution is 2.44. The Morgan fingerprint density at radius 1 is 1.34 bits per heavy atom. The zero-order valence-electron chi connectivity index (χ0n) is 19.7. The molecule has 1 aliphatic rings. The molecule has 6 nitrogen and oxygen atoms in total. The summed E-state index contributed by atoms with van der Waals surface area (Å²) in [5, 5.41) is 5.01. The standard InChI is InChI=1S/C26H31N3O3/c1-7-29-21-11-16(2)19(12-20(21)17(3)14-26(29,4)5)15-27-28-25(30)23-13-18-9-8-10-22(31-6)24(18)32-23/h8-13,15,17H,7,14H2,1-6H3,(H,28,30)/b27-15-. The first-order chi connectivity index (χ1) is 15.2. The maximum atomic E-state index is 12.6. The molecule has 4 rings (SSSR count). The Morgan fingerprint density at radius 2 is 2.12 bits per heavy atom. The number of amides is 1. The third-order valence-electron chi connectivity index (χ3n) is 6.41. The average Bonchev–Trinajstić information content (AvgIpc) is 3.18. The molecule has 168 valence electrons. The molecular formula is C26H31N3O3. The highest BCUT2D eigenvalue weighted by molar-refractivity contribution is 5.97. The van der Waals surface area contributed by atoms with Gasteiger partial charge in [0.15, 0.2) is 17.1 Å². The molecule has 2 aromatic carbocycles. The fourth-order valence-electron chi connectivity index (χ4n) is 4.91. The van der Waals surface area contributed by atoms with Gasteiger partial charge in [-0.3, -0.25) is 4.79 Å². The van der Waals surface area contributed by atoms with E-state index in [1.54, 1.807) is 25.5 Å². The van der Waals surface area contributed by atoms with Crippen LogP contribution in [0.15, 0.2) is 45.9 Å². The van der Waals surface area contributed by atoms with Crippen LogP contribution in [-0.2, 0) is 0 Å². The number of hydrogen-bond acceptors (Lipinski definition) is 5. The number of aryl methyl sites for hydroxylation is 1. The van der Waals surface area contributed by atoms with Crippen LogP contribution in [0.25, 0.3) is 11.0 Å². The minimum absolute atomic E-state index is 0.131. The molecule has 0 saturated heterocycles. The second-order valence-corrected chi connectivity index (χ2v) is 9.12. The van der Waals surface area contributed by atoms with E-state index in [9.17, 15) is 4.79 Å². The van der Waals surface area contributed by atoms with Gasteiger partial charge in [-0.2, -0.15) is 5.10 Å². The van der Waals surface area contributed by atoms with E-state index in [0.29, 0.717) is 17.3 Å². The number of anilines is 1. The molecule has 1 amide bonds. The van der Waals surface area contributed by atoms with Gasteiger partial charge in [-0.25, -0.2) is 5.43 Å².